The summed E-state index contributed by atoms with van der Waals surface area (Å²) in [6, 6.07) is 9.61. The van der Waals surface area contributed by atoms with Crippen LogP contribution in [0.4, 0.5) is 0 Å². The molecule has 0 unspecified atom stereocenters. The molecular weight excluding hydrogens is 256 g/mol. The molecule has 20 heavy (non-hydrogen) atoms. The Morgan fingerprint density at radius 3 is 3.05 bits per heavy atom. The van der Waals surface area contributed by atoms with Gasteiger partial charge in [-0.15, -0.1) is 0 Å². The molecule has 0 N–H and O–H groups in total. The van der Waals surface area contributed by atoms with Crippen LogP contribution in [0.15, 0.2) is 41.1 Å². The Kier molecular flexibility index (Phi) is 3.41. The van der Waals surface area contributed by atoms with Crippen molar-refractivity contribution in [3.8, 4) is 5.75 Å². The number of para-hydroxylation sites is 1. The molecule has 1 aliphatic heterocycles. The maximum absolute atomic E-state index is 12.4. The van der Waals surface area contributed by atoms with Gasteiger partial charge in [0, 0.05) is 13.1 Å². The molecule has 1 aromatic carbocycles. The number of fused-ring (bicyclic) bond motifs is 1. The normalized spacial score (nSPS) is 17.1. The number of aromatic nitrogens is 1. The average Bonchev–Trinajstić information content (AvgIpc) is 2.99. The first-order chi connectivity index (χ1) is 9.74. The number of amides is 1. The van der Waals surface area contributed by atoms with Crippen molar-refractivity contribution in [3.05, 3.63) is 47.9 Å². The average molecular weight is 272 g/mol. The van der Waals surface area contributed by atoms with E-state index < -0.39 is 0 Å². The van der Waals surface area contributed by atoms with Gasteiger partial charge in [-0.1, -0.05) is 23.4 Å². The van der Waals surface area contributed by atoms with Gasteiger partial charge in [-0.25, -0.2) is 0 Å². The predicted molar refractivity (Wildman–Crippen MR) is 72.1 cm³/mol. The molecule has 1 aromatic heterocycles. The highest BCUT2D eigenvalue weighted by Crippen LogP contribution is 2.27. The van der Waals surface area contributed by atoms with Gasteiger partial charge in [0.1, 0.15) is 24.3 Å². The van der Waals surface area contributed by atoms with Crippen molar-refractivity contribution in [1.82, 2.24) is 10.1 Å². The molecule has 0 fully saturated rings. The van der Waals surface area contributed by atoms with E-state index in [9.17, 15) is 4.79 Å². The van der Waals surface area contributed by atoms with E-state index in [0.29, 0.717) is 13.2 Å². The molecule has 1 atom stereocenters. The number of rotatable bonds is 3. The second kappa shape index (κ2) is 5.36. The molecule has 2 heterocycles. The predicted octanol–water partition coefficient (Wildman–Crippen LogP) is 1.88. The SMILES string of the molecule is CN(Cc1ccon1)C(=O)[C@H]1COc2ccccc2C1. The lowest BCUT2D eigenvalue weighted by Gasteiger charge is -2.27. The summed E-state index contributed by atoms with van der Waals surface area (Å²) >= 11 is 0. The zero-order valence-corrected chi connectivity index (χ0v) is 11.3. The van der Waals surface area contributed by atoms with Crippen molar-refractivity contribution in [1.29, 1.82) is 0 Å². The number of benzene rings is 1. The molecule has 104 valence electrons. The van der Waals surface area contributed by atoms with Crippen molar-refractivity contribution in [2.75, 3.05) is 13.7 Å². The monoisotopic (exact) mass is 272 g/mol. The molecule has 0 aliphatic carbocycles. The molecule has 0 radical (unpaired) electrons. The van der Waals surface area contributed by atoms with Crippen molar-refractivity contribution in [2.24, 2.45) is 5.92 Å². The molecule has 0 bridgehead atoms. The molecule has 0 saturated carbocycles. The lowest BCUT2D eigenvalue weighted by Crippen LogP contribution is -2.38. The summed E-state index contributed by atoms with van der Waals surface area (Å²) in [7, 11) is 1.78. The number of hydrogen-bond donors (Lipinski definition) is 0. The largest absolute Gasteiger partial charge is 0.492 e. The van der Waals surface area contributed by atoms with E-state index in [2.05, 4.69) is 5.16 Å². The quantitative estimate of drug-likeness (QED) is 0.856. The minimum atomic E-state index is -0.137. The highest BCUT2D eigenvalue weighted by atomic mass is 16.5. The second-order valence-electron chi connectivity index (χ2n) is 5.00. The van der Waals surface area contributed by atoms with Gasteiger partial charge in [0.15, 0.2) is 0 Å². The third-order valence-electron chi connectivity index (χ3n) is 3.49. The summed E-state index contributed by atoms with van der Waals surface area (Å²) in [5.74, 6) is 0.819. The van der Waals surface area contributed by atoms with Crippen molar-refractivity contribution < 1.29 is 14.1 Å². The van der Waals surface area contributed by atoms with Gasteiger partial charge in [0.2, 0.25) is 5.91 Å². The Morgan fingerprint density at radius 2 is 2.25 bits per heavy atom. The fraction of sp³-hybridized carbons (Fsp3) is 0.333. The fourth-order valence-electron chi connectivity index (χ4n) is 2.44. The van der Waals surface area contributed by atoms with Gasteiger partial charge < -0.3 is 14.2 Å². The van der Waals surface area contributed by atoms with E-state index in [0.717, 1.165) is 23.4 Å². The van der Waals surface area contributed by atoms with Crippen molar-refractivity contribution in [2.45, 2.75) is 13.0 Å². The van der Waals surface area contributed by atoms with E-state index in [1.165, 1.54) is 6.26 Å². The Bertz CT molecular complexity index is 595. The smallest absolute Gasteiger partial charge is 0.229 e. The van der Waals surface area contributed by atoms with Crippen LogP contribution in [-0.4, -0.2) is 29.6 Å². The zero-order valence-electron chi connectivity index (χ0n) is 11.3. The third-order valence-corrected chi connectivity index (χ3v) is 3.49. The first kappa shape index (κ1) is 12.7. The number of carbonyl (C=O) groups is 1. The van der Waals surface area contributed by atoms with Crippen LogP contribution in [0.25, 0.3) is 0 Å². The maximum Gasteiger partial charge on any atom is 0.229 e. The van der Waals surface area contributed by atoms with Crippen LogP contribution in [0.1, 0.15) is 11.3 Å². The molecule has 0 saturated heterocycles. The third kappa shape index (κ3) is 2.52. The highest BCUT2D eigenvalue weighted by molar-refractivity contribution is 5.79. The zero-order chi connectivity index (χ0) is 13.9. The van der Waals surface area contributed by atoms with Crippen LogP contribution in [-0.2, 0) is 17.8 Å². The van der Waals surface area contributed by atoms with Crippen LogP contribution < -0.4 is 4.74 Å². The van der Waals surface area contributed by atoms with Gasteiger partial charge in [0.05, 0.1) is 12.5 Å². The molecule has 2 aromatic rings. The molecule has 5 nitrogen and oxygen atoms in total. The van der Waals surface area contributed by atoms with E-state index in [-0.39, 0.29) is 11.8 Å². The summed E-state index contributed by atoms with van der Waals surface area (Å²) in [6.07, 6.45) is 2.23. The lowest BCUT2D eigenvalue weighted by atomic mass is 9.95. The lowest BCUT2D eigenvalue weighted by molar-refractivity contribution is -0.136. The first-order valence-corrected chi connectivity index (χ1v) is 6.59. The minimum Gasteiger partial charge on any atom is -0.492 e. The van der Waals surface area contributed by atoms with Gasteiger partial charge in [0.25, 0.3) is 0 Å². The molecule has 5 heteroatoms. The second-order valence-corrected chi connectivity index (χ2v) is 5.00. The highest BCUT2D eigenvalue weighted by Gasteiger charge is 2.28. The number of ether oxygens (including phenoxy) is 1. The fourth-order valence-corrected chi connectivity index (χ4v) is 2.44. The Morgan fingerprint density at radius 1 is 1.40 bits per heavy atom. The number of hydrogen-bond acceptors (Lipinski definition) is 4. The summed E-state index contributed by atoms with van der Waals surface area (Å²) in [6.45, 7) is 0.881. The van der Waals surface area contributed by atoms with Gasteiger partial charge in [-0.3, -0.25) is 4.79 Å². The van der Waals surface area contributed by atoms with Crippen molar-refractivity contribution in [3.63, 3.8) is 0 Å². The molecule has 1 aliphatic rings. The summed E-state index contributed by atoms with van der Waals surface area (Å²) in [4.78, 5) is 14.1. The van der Waals surface area contributed by atoms with Gasteiger partial charge in [-0.2, -0.15) is 0 Å². The molecule has 3 rings (SSSR count). The molecule has 0 spiro atoms. The maximum atomic E-state index is 12.4. The van der Waals surface area contributed by atoms with Crippen LogP contribution in [0.2, 0.25) is 0 Å². The summed E-state index contributed by atoms with van der Waals surface area (Å²) in [5.41, 5.74) is 1.84. The van der Waals surface area contributed by atoms with E-state index in [1.54, 1.807) is 18.0 Å². The Balaban J connectivity index is 1.66. The van der Waals surface area contributed by atoms with Crippen LogP contribution in [0, 0.1) is 5.92 Å². The first-order valence-electron chi connectivity index (χ1n) is 6.59. The summed E-state index contributed by atoms with van der Waals surface area (Å²) in [5, 5.41) is 3.82. The van der Waals surface area contributed by atoms with Crippen LogP contribution >= 0.6 is 0 Å². The number of nitrogens with zero attached hydrogens (tertiary/aromatic N) is 2. The topological polar surface area (TPSA) is 55.6 Å². The summed E-state index contributed by atoms with van der Waals surface area (Å²) < 4.78 is 10.4. The van der Waals surface area contributed by atoms with Crippen molar-refractivity contribution >= 4 is 5.91 Å². The minimum absolute atomic E-state index is 0.0718. The van der Waals surface area contributed by atoms with E-state index in [4.69, 9.17) is 9.26 Å². The van der Waals surface area contributed by atoms with Crippen LogP contribution in [0.5, 0.6) is 5.75 Å². The van der Waals surface area contributed by atoms with E-state index >= 15 is 0 Å². The Hall–Kier alpha value is -2.30. The molecular formula is C15H16N2O3. The van der Waals surface area contributed by atoms with E-state index in [1.807, 2.05) is 24.3 Å². The van der Waals surface area contributed by atoms with Crippen LogP contribution in [0.3, 0.4) is 0 Å². The Labute approximate surface area is 117 Å². The van der Waals surface area contributed by atoms with Gasteiger partial charge >= 0.3 is 0 Å². The van der Waals surface area contributed by atoms with Gasteiger partial charge in [-0.05, 0) is 18.1 Å². The molecule has 1 amide bonds. The standard InChI is InChI=1S/C15H16N2O3/c1-17(9-13-6-7-20-16-13)15(18)12-8-11-4-2-3-5-14(11)19-10-12/h2-7,12H,8-10H2,1H3/t12-/m1/s1. The number of carbonyl (C=O) groups excluding carboxylic acids is 1.